The third-order valence-electron chi connectivity index (χ3n) is 3.79. The third kappa shape index (κ3) is 6.67. The minimum Gasteiger partial charge on any atom is -0.482 e. The lowest BCUT2D eigenvalue weighted by Gasteiger charge is -2.08. The van der Waals surface area contributed by atoms with Gasteiger partial charge in [-0.3, -0.25) is 4.79 Å². The topological polar surface area (TPSA) is 75.6 Å². The number of rotatable bonds is 9. The number of carbonyl (C=O) groups excluding carboxylic acids is 1. The Bertz CT molecular complexity index is 710. The third-order valence-corrected chi connectivity index (χ3v) is 3.79. The van der Waals surface area contributed by atoms with Crippen LogP contribution in [0.1, 0.15) is 23.6 Å². The number of benzene rings is 2. The van der Waals surface area contributed by atoms with E-state index in [0.29, 0.717) is 25.1 Å². The van der Waals surface area contributed by atoms with Crippen LogP contribution < -0.4 is 10.1 Å². The van der Waals surface area contributed by atoms with Crippen molar-refractivity contribution < 1.29 is 19.4 Å². The number of carboxylic acid groups (broad SMARTS) is 1. The first-order valence-electron chi connectivity index (χ1n) is 8.35. The van der Waals surface area contributed by atoms with Crippen LogP contribution in [0.4, 0.5) is 0 Å². The molecule has 25 heavy (non-hydrogen) atoms. The summed E-state index contributed by atoms with van der Waals surface area (Å²) in [7, 11) is 0. The van der Waals surface area contributed by atoms with Crippen molar-refractivity contribution in [2.45, 2.75) is 26.2 Å². The Kier molecular flexibility index (Phi) is 7.01. The maximum Gasteiger partial charge on any atom is 0.341 e. The van der Waals surface area contributed by atoms with Gasteiger partial charge in [0.25, 0.3) is 0 Å². The molecule has 0 saturated carbocycles. The standard InChI is InChI=1S/C20H23NO4/c1-2-15-4-3-5-17(12-15)13-19(22)21-11-10-16-6-8-18(9-7-16)25-14-20(23)24/h3-9,12H,2,10-11,13-14H2,1H3,(H,21,22)(H,23,24). The molecule has 0 unspecified atom stereocenters. The second-order valence-electron chi connectivity index (χ2n) is 5.78. The molecule has 0 aliphatic rings. The van der Waals surface area contributed by atoms with Gasteiger partial charge in [-0.1, -0.05) is 43.3 Å². The summed E-state index contributed by atoms with van der Waals surface area (Å²) in [5.74, 6) is -0.475. The predicted molar refractivity (Wildman–Crippen MR) is 95.8 cm³/mol. The fourth-order valence-electron chi connectivity index (χ4n) is 2.45. The Balaban J connectivity index is 1.74. The minimum atomic E-state index is -1.00. The van der Waals surface area contributed by atoms with E-state index in [1.54, 1.807) is 12.1 Å². The Hall–Kier alpha value is -2.82. The molecule has 0 aliphatic carbocycles. The van der Waals surface area contributed by atoms with Crippen molar-refractivity contribution in [3.63, 3.8) is 0 Å². The molecule has 2 aromatic rings. The van der Waals surface area contributed by atoms with Crippen molar-refractivity contribution in [3.8, 4) is 5.75 Å². The number of carboxylic acids is 1. The molecule has 1 amide bonds. The molecule has 0 radical (unpaired) electrons. The van der Waals surface area contributed by atoms with Crippen LogP contribution in [0.5, 0.6) is 5.75 Å². The summed E-state index contributed by atoms with van der Waals surface area (Å²) in [6, 6.07) is 15.3. The molecule has 5 nitrogen and oxygen atoms in total. The first kappa shape index (κ1) is 18.5. The van der Waals surface area contributed by atoms with Crippen LogP contribution >= 0.6 is 0 Å². The molecule has 0 aromatic heterocycles. The highest BCUT2D eigenvalue weighted by Gasteiger charge is 2.04. The fourth-order valence-corrected chi connectivity index (χ4v) is 2.45. The monoisotopic (exact) mass is 341 g/mol. The number of aliphatic carboxylic acids is 1. The van der Waals surface area contributed by atoms with Crippen LogP contribution in [0.2, 0.25) is 0 Å². The smallest absolute Gasteiger partial charge is 0.341 e. The predicted octanol–water partition coefficient (Wildman–Crippen LogP) is 2.61. The highest BCUT2D eigenvalue weighted by atomic mass is 16.5. The van der Waals surface area contributed by atoms with Gasteiger partial charge in [0.2, 0.25) is 5.91 Å². The Morgan fingerprint density at radius 1 is 1.04 bits per heavy atom. The summed E-state index contributed by atoms with van der Waals surface area (Å²) in [5.41, 5.74) is 3.31. The van der Waals surface area contributed by atoms with Crippen molar-refractivity contribution in [1.29, 1.82) is 0 Å². The number of aryl methyl sites for hydroxylation is 1. The van der Waals surface area contributed by atoms with Gasteiger partial charge >= 0.3 is 5.97 Å². The van der Waals surface area contributed by atoms with E-state index in [1.165, 1.54) is 5.56 Å². The number of nitrogens with one attached hydrogen (secondary N) is 1. The normalized spacial score (nSPS) is 10.3. The molecular formula is C20H23NO4. The highest BCUT2D eigenvalue weighted by Crippen LogP contribution is 2.12. The molecule has 0 fully saturated rings. The minimum absolute atomic E-state index is 0.00895. The quantitative estimate of drug-likeness (QED) is 0.735. The molecule has 2 rings (SSSR count). The van der Waals surface area contributed by atoms with Crippen LogP contribution in [0, 0.1) is 0 Å². The molecule has 0 atom stereocenters. The van der Waals surface area contributed by atoms with E-state index in [4.69, 9.17) is 9.84 Å². The van der Waals surface area contributed by atoms with Crippen LogP contribution in [0.3, 0.4) is 0 Å². The zero-order valence-corrected chi connectivity index (χ0v) is 14.3. The fraction of sp³-hybridized carbons (Fsp3) is 0.300. The summed E-state index contributed by atoms with van der Waals surface area (Å²) in [6.07, 6.45) is 2.05. The zero-order valence-electron chi connectivity index (χ0n) is 14.3. The number of hydrogen-bond acceptors (Lipinski definition) is 3. The first-order valence-corrected chi connectivity index (χ1v) is 8.35. The van der Waals surface area contributed by atoms with E-state index in [-0.39, 0.29) is 12.5 Å². The van der Waals surface area contributed by atoms with Gasteiger partial charge in [-0.2, -0.15) is 0 Å². The first-order chi connectivity index (χ1) is 12.1. The zero-order chi connectivity index (χ0) is 18.1. The molecule has 0 bridgehead atoms. The average Bonchev–Trinajstić information content (AvgIpc) is 2.61. The van der Waals surface area contributed by atoms with E-state index < -0.39 is 5.97 Å². The van der Waals surface area contributed by atoms with E-state index in [0.717, 1.165) is 17.5 Å². The maximum atomic E-state index is 12.0. The van der Waals surface area contributed by atoms with Gasteiger partial charge in [0, 0.05) is 6.54 Å². The van der Waals surface area contributed by atoms with Crippen molar-refractivity contribution >= 4 is 11.9 Å². The molecule has 0 aliphatic heterocycles. The lowest BCUT2D eigenvalue weighted by atomic mass is 10.1. The van der Waals surface area contributed by atoms with Gasteiger partial charge in [-0.05, 0) is 41.7 Å². The summed E-state index contributed by atoms with van der Waals surface area (Å²) < 4.78 is 5.08. The maximum absolute atomic E-state index is 12.0. The molecule has 0 heterocycles. The summed E-state index contributed by atoms with van der Waals surface area (Å²) in [6.45, 7) is 2.30. The molecule has 132 valence electrons. The van der Waals surface area contributed by atoms with Crippen molar-refractivity contribution in [2.24, 2.45) is 0 Å². The van der Waals surface area contributed by atoms with Gasteiger partial charge in [0.05, 0.1) is 6.42 Å². The number of hydrogen-bond donors (Lipinski definition) is 2. The van der Waals surface area contributed by atoms with Gasteiger partial charge in [0.15, 0.2) is 6.61 Å². The molecule has 2 N–H and O–H groups in total. The Labute approximate surface area is 147 Å². The second-order valence-corrected chi connectivity index (χ2v) is 5.78. The van der Waals surface area contributed by atoms with Crippen LogP contribution in [0.25, 0.3) is 0 Å². The van der Waals surface area contributed by atoms with Gasteiger partial charge in [-0.15, -0.1) is 0 Å². The van der Waals surface area contributed by atoms with E-state index in [2.05, 4.69) is 24.4 Å². The average molecular weight is 341 g/mol. The number of ether oxygens (including phenoxy) is 1. The summed E-state index contributed by atoms with van der Waals surface area (Å²) in [4.78, 5) is 22.5. The van der Waals surface area contributed by atoms with Crippen LogP contribution in [0.15, 0.2) is 48.5 Å². The largest absolute Gasteiger partial charge is 0.482 e. The van der Waals surface area contributed by atoms with E-state index >= 15 is 0 Å². The number of amides is 1. The summed E-state index contributed by atoms with van der Waals surface area (Å²) >= 11 is 0. The molecule has 2 aromatic carbocycles. The highest BCUT2D eigenvalue weighted by molar-refractivity contribution is 5.78. The lowest BCUT2D eigenvalue weighted by molar-refractivity contribution is -0.139. The molecule has 0 saturated heterocycles. The van der Waals surface area contributed by atoms with Gasteiger partial charge in [-0.25, -0.2) is 4.79 Å². The molecule has 5 heteroatoms. The molecule has 0 spiro atoms. The van der Waals surface area contributed by atoms with Gasteiger partial charge in [0.1, 0.15) is 5.75 Å². The van der Waals surface area contributed by atoms with Crippen molar-refractivity contribution in [1.82, 2.24) is 5.32 Å². The Morgan fingerprint density at radius 3 is 2.44 bits per heavy atom. The SMILES string of the molecule is CCc1cccc(CC(=O)NCCc2ccc(OCC(=O)O)cc2)c1. The van der Waals surface area contributed by atoms with Gasteiger partial charge < -0.3 is 15.2 Å². The van der Waals surface area contributed by atoms with E-state index in [9.17, 15) is 9.59 Å². The van der Waals surface area contributed by atoms with Crippen LogP contribution in [-0.2, 0) is 28.9 Å². The lowest BCUT2D eigenvalue weighted by Crippen LogP contribution is -2.27. The summed E-state index contributed by atoms with van der Waals surface area (Å²) in [5, 5.41) is 11.5. The second kappa shape index (κ2) is 9.47. The van der Waals surface area contributed by atoms with E-state index in [1.807, 2.05) is 24.3 Å². The van der Waals surface area contributed by atoms with Crippen molar-refractivity contribution in [3.05, 3.63) is 65.2 Å². The Morgan fingerprint density at radius 2 is 1.76 bits per heavy atom. The van der Waals surface area contributed by atoms with Crippen LogP contribution in [-0.4, -0.2) is 30.1 Å². The van der Waals surface area contributed by atoms with Crippen molar-refractivity contribution in [2.75, 3.05) is 13.2 Å². The number of carbonyl (C=O) groups is 2. The molecular weight excluding hydrogens is 318 g/mol.